The lowest BCUT2D eigenvalue weighted by molar-refractivity contribution is -0.123. The number of amides is 2. The third-order valence-corrected chi connectivity index (χ3v) is 5.00. The van der Waals surface area contributed by atoms with Gasteiger partial charge in [-0.25, -0.2) is 0 Å². The maximum atomic E-state index is 12.7. The topological polar surface area (TPSA) is 87.5 Å². The molecule has 2 aliphatic heterocycles. The average molecular weight is 371 g/mol. The standard InChI is InChI=1S/C17H26N4O3.ClH/c1-11-15(12(2)24-20-11)17(23)21-8-4-5-13(10-21)9-19-16(22)14-6-3-7-18-14;/h13-14,18H,3-10H2,1-2H3,(H,19,22);1H. The van der Waals surface area contributed by atoms with Crippen LogP contribution in [0.1, 0.15) is 47.5 Å². The first-order valence-corrected chi connectivity index (χ1v) is 8.79. The third-order valence-electron chi connectivity index (χ3n) is 5.00. The van der Waals surface area contributed by atoms with Gasteiger partial charge >= 0.3 is 0 Å². The van der Waals surface area contributed by atoms with E-state index in [1.54, 1.807) is 13.8 Å². The first-order valence-electron chi connectivity index (χ1n) is 8.79. The highest BCUT2D eigenvalue weighted by molar-refractivity contribution is 5.96. The van der Waals surface area contributed by atoms with E-state index >= 15 is 0 Å². The van der Waals surface area contributed by atoms with Crippen molar-refractivity contribution in [1.29, 1.82) is 0 Å². The van der Waals surface area contributed by atoms with Crippen LogP contribution >= 0.6 is 12.4 Å². The quantitative estimate of drug-likeness (QED) is 0.837. The van der Waals surface area contributed by atoms with Gasteiger partial charge in [-0.05, 0) is 52.0 Å². The summed E-state index contributed by atoms with van der Waals surface area (Å²) in [7, 11) is 0. The van der Waals surface area contributed by atoms with Gasteiger partial charge in [0, 0.05) is 19.6 Å². The largest absolute Gasteiger partial charge is 0.361 e. The van der Waals surface area contributed by atoms with Crippen LogP contribution in [0.5, 0.6) is 0 Å². The summed E-state index contributed by atoms with van der Waals surface area (Å²) >= 11 is 0. The molecule has 140 valence electrons. The van der Waals surface area contributed by atoms with Crippen LogP contribution in [0.3, 0.4) is 0 Å². The second-order valence-corrected chi connectivity index (χ2v) is 6.85. The molecule has 25 heavy (non-hydrogen) atoms. The molecule has 1 aromatic heterocycles. The van der Waals surface area contributed by atoms with Crippen molar-refractivity contribution in [1.82, 2.24) is 20.7 Å². The Kier molecular flexibility index (Phi) is 6.84. The Morgan fingerprint density at radius 2 is 2.12 bits per heavy atom. The van der Waals surface area contributed by atoms with Crippen LogP contribution in [0, 0.1) is 19.8 Å². The fraction of sp³-hybridized carbons (Fsp3) is 0.706. The van der Waals surface area contributed by atoms with Gasteiger partial charge in [0.15, 0.2) is 0 Å². The van der Waals surface area contributed by atoms with Crippen molar-refractivity contribution in [2.45, 2.75) is 45.6 Å². The molecule has 2 atom stereocenters. The van der Waals surface area contributed by atoms with E-state index in [1.165, 1.54) is 0 Å². The number of nitrogens with zero attached hydrogens (tertiary/aromatic N) is 2. The molecule has 2 fully saturated rings. The number of carbonyl (C=O) groups excluding carboxylic acids is 2. The number of aryl methyl sites for hydroxylation is 2. The number of nitrogens with one attached hydrogen (secondary N) is 2. The molecule has 8 heteroatoms. The molecule has 3 heterocycles. The molecule has 0 radical (unpaired) electrons. The smallest absolute Gasteiger partial charge is 0.259 e. The fourth-order valence-corrected chi connectivity index (χ4v) is 3.64. The number of piperidine rings is 1. The van der Waals surface area contributed by atoms with Crippen molar-refractivity contribution >= 4 is 24.2 Å². The summed E-state index contributed by atoms with van der Waals surface area (Å²) in [6, 6.07) is -0.0476. The van der Waals surface area contributed by atoms with E-state index in [-0.39, 0.29) is 30.3 Å². The van der Waals surface area contributed by atoms with Crippen molar-refractivity contribution in [3.63, 3.8) is 0 Å². The van der Waals surface area contributed by atoms with Crippen molar-refractivity contribution < 1.29 is 14.1 Å². The highest BCUT2D eigenvalue weighted by atomic mass is 35.5. The minimum absolute atomic E-state index is 0. The van der Waals surface area contributed by atoms with Gasteiger partial charge in [0.1, 0.15) is 11.3 Å². The molecular weight excluding hydrogens is 344 g/mol. The van der Waals surface area contributed by atoms with Gasteiger partial charge in [-0.1, -0.05) is 5.16 Å². The van der Waals surface area contributed by atoms with Gasteiger partial charge in [-0.15, -0.1) is 12.4 Å². The summed E-state index contributed by atoms with van der Waals surface area (Å²) in [5.74, 6) is 0.940. The maximum Gasteiger partial charge on any atom is 0.259 e. The lowest BCUT2D eigenvalue weighted by Gasteiger charge is -2.33. The minimum atomic E-state index is -0.0476. The lowest BCUT2D eigenvalue weighted by atomic mass is 9.97. The van der Waals surface area contributed by atoms with Crippen LogP contribution in [0.2, 0.25) is 0 Å². The number of carbonyl (C=O) groups is 2. The highest BCUT2D eigenvalue weighted by Gasteiger charge is 2.29. The number of aromatic nitrogens is 1. The summed E-state index contributed by atoms with van der Waals surface area (Å²) in [5, 5.41) is 10.1. The fourth-order valence-electron chi connectivity index (χ4n) is 3.64. The molecule has 2 N–H and O–H groups in total. The summed E-state index contributed by atoms with van der Waals surface area (Å²) in [5.41, 5.74) is 1.22. The monoisotopic (exact) mass is 370 g/mol. The SMILES string of the molecule is Cc1noc(C)c1C(=O)N1CCCC(CNC(=O)C2CCCN2)C1.Cl. The van der Waals surface area contributed by atoms with E-state index < -0.39 is 0 Å². The predicted molar refractivity (Wildman–Crippen MR) is 95.9 cm³/mol. The lowest BCUT2D eigenvalue weighted by Crippen LogP contribution is -2.46. The van der Waals surface area contributed by atoms with Gasteiger partial charge in [-0.3, -0.25) is 9.59 Å². The molecule has 0 aromatic carbocycles. The molecule has 0 spiro atoms. The minimum Gasteiger partial charge on any atom is -0.361 e. The van der Waals surface area contributed by atoms with Crippen molar-refractivity contribution in [3.05, 3.63) is 17.0 Å². The zero-order valence-corrected chi connectivity index (χ0v) is 15.7. The van der Waals surface area contributed by atoms with Crippen LogP contribution < -0.4 is 10.6 Å². The number of halogens is 1. The van der Waals surface area contributed by atoms with Gasteiger partial charge in [0.05, 0.1) is 11.7 Å². The van der Waals surface area contributed by atoms with Gasteiger partial charge in [-0.2, -0.15) is 0 Å². The van der Waals surface area contributed by atoms with Crippen LogP contribution in [-0.4, -0.2) is 54.1 Å². The van der Waals surface area contributed by atoms with Crippen LogP contribution in [0.15, 0.2) is 4.52 Å². The van der Waals surface area contributed by atoms with E-state index in [0.29, 0.717) is 36.0 Å². The van der Waals surface area contributed by atoms with Gasteiger partial charge in [0.2, 0.25) is 5.91 Å². The predicted octanol–water partition coefficient (Wildman–Crippen LogP) is 1.43. The molecule has 3 rings (SSSR count). The van der Waals surface area contributed by atoms with Crippen molar-refractivity contribution in [2.75, 3.05) is 26.2 Å². The molecule has 2 saturated heterocycles. The van der Waals surface area contributed by atoms with E-state index in [4.69, 9.17) is 4.52 Å². The Labute approximate surface area is 154 Å². The molecule has 7 nitrogen and oxygen atoms in total. The second-order valence-electron chi connectivity index (χ2n) is 6.85. The number of hydrogen-bond donors (Lipinski definition) is 2. The summed E-state index contributed by atoms with van der Waals surface area (Å²) in [6.07, 6.45) is 3.95. The van der Waals surface area contributed by atoms with E-state index in [0.717, 1.165) is 38.8 Å². The Bertz CT molecular complexity index is 594. The van der Waals surface area contributed by atoms with Crippen LogP contribution in [0.25, 0.3) is 0 Å². The summed E-state index contributed by atoms with van der Waals surface area (Å²) in [4.78, 5) is 26.7. The molecule has 0 aliphatic carbocycles. The first kappa shape index (κ1) is 19.7. The van der Waals surface area contributed by atoms with Crippen molar-refractivity contribution in [3.8, 4) is 0 Å². The average Bonchev–Trinajstić information content (AvgIpc) is 3.23. The van der Waals surface area contributed by atoms with Gasteiger partial charge in [0.25, 0.3) is 5.91 Å². The molecule has 0 saturated carbocycles. The van der Waals surface area contributed by atoms with Crippen LogP contribution in [0.4, 0.5) is 0 Å². The van der Waals surface area contributed by atoms with E-state index in [1.807, 2.05) is 4.90 Å². The Morgan fingerprint density at radius 3 is 2.76 bits per heavy atom. The molecule has 2 aliphatic rings. The molecule has 2 amide bonds. The Morgan fingerprint density at radius 1 is 1.32 bits per heavy atom. The Balaban J connectivity index is 0.00000225. The third kappa shape index (κ3) is 4.52. The summed E-state index contributed by atoms with van der Waals surface area (Å²) < 4.78 is 5.11. The number of hydrogen-bond acceptors (Lipinski definition) is 5. The summed E-state index contributed by atoms with van der Waals surface area (Å²) in [6.45, 7) is 6.52. The normalized spacial score (nSPS) is 23.2. The van der Waals surface area contributed by atoms with E-state index in [2.05, 4.69) is 15.8 Å². The van der Waals surface area contributed by atoms with E-state index in [9.17, 15) is 9.59 Å². The highest BCUT2D eigenvalue weighted by Crippen LogP contribution is 2.21. The zero-order valence-electron chi connectivity index (χ0n) is 14.8. The van der Waals surface area contributed by atoms with Gasteiger partial charge < -0.3 is 20.1 Å². The molecule has 2 unspecified atom stereocenters. The maximum absolute atomic E-state index is 12.7. The first-order chi connectivity index (χ1) is 11.6. The number of likely N-dealkylation sites (tertiary alicyclic amines) is 1. The molecular formula is C17H27ClN4O3. The zero-order chi connectivity index (χ0) is 17.1. The molecule has 1 aromatic rings. The van der Waals surface area contributed by atoms with Crippen molar-refractivity contribution in [2.24, 2.45) is 5.92 Å². The Hall–Kier alpha value is -1.60. The molecule has 0 bridgehead atoms. The number of rotatable bonds is 4. The van der Waals surface area contributed by atoms with Crippen LogP contribution in [-0.2, 0) is 4.79 Å². The second kappa shape index (κ2) is 8.67.